The smallest absolute Gasteiger partial charge is 0.156 e. The monoisotopic (exact) mass is 221 g/mol. The molecule has 2 heterocycles. The van der Waals surface area contributed by atoms with Crippen LogP contribution in [0, 0.1) is 25.2 Å². The van der Waals surface area contributed by atoms with Gasteiger partial charge in [0, 0.05) is 5.69 Å². The molecule has 3 rings (SSSR count). The zero-order chi connectivity index (χ0) is 12.0. The molecule has 0 saturated heterocycles. The maximum atomic E-state index is 9.17. The minimum absolute atomic E-state index is 0.629. The highest BCUT2D eigenvalue weighted by molar-refractivity contribution is 5.82. The topological polar surface area (TPSA) is 41.1 Å². The summed E-state index contributed by atoms with van der Waals surface area (Å²) >= 11 is 0. The summed E-state index contributed by atoms with van der Waals surface area (Å²) < 4.78 is 2.06. The second-order valence-corrected chi connectivity index (χ2v) is 4.20. The van der Waals surface area contributed by atoms with Gasteiger partial charge in [-0.25, -0.2) is 4.98 Å². The van der Waals surface area contributed by atoms with Gasteiger partial charge >= 0.3 is 0 Å². The Labute approximate surface area is 98.9 Å². The number of aromatic nitrogens is 2. The normalized spacial score (nSPS) is 10.9. The summed E-state index contributed by atoms with van der Waals surface area (Å²) in [5.74, 6) is 0. The largest absolute Gasteiger partial charge is 0.296 e. The van der Waals surface area contributed by atoms with Crippen molar-refractivity contribution < 1.29 is 0 Å². The van der Waals surface area contributed by atoms with E-state index in [4.69, 9.17) is 0 Å². The molecule has 0 aliphatic rings. The van der Waals surface area contributed by atoms with Crippen LogP contribution in [0.3, 0.4) is 0 Å². The average Bonchev–Trinajstić information content (AvgIpc) is 2.73. The lowest BCUT2D eigenvalue weighted by molar-refractivity contribution is 1.08. The number of benzene rings is 1. The Morgan fingerprint density at radius 2 is 2.00 bits per heavy atom. The zero-order valence-corrected chi connectivity index (χ0v) is 9.73. The van der Waals surface area contributed by atoms with Gasteiger partial charge in [0.25, 0.3) is 0 Å². The number of hydrogen-bond acceptors (Lipinski definition) is 2. The van der Waals surface area contributed by atoms with Gasteiger partial charge in [-0.2, -0.15) is 5.26 Å². The summed E-state index contributed by atoms with van der Waals surface area (Å²) in [5, 5.41) is 9.17. The van der Waals surface area contributed by atoms with Crippen molar-refractivity contribution in [2.75, 3.05) is 0 Å². The summed E-state index contributed by atoms with van der Waals surface area (Å²) in [5.41, 5.74) is 5.60. The van der Waals surface area contributed by atoms with Gasteiger partial charge in [0.05, 0.1) is 16.6 Å². The highest BCUT2D eigenvalue weighted by atomic mass is 15.0. The van der Waals surface area contributed by atoms with Crippen molar-refractivity contribution in [3.8, 4) is 6.07 Å². The molecule has 0 radical (unpaired) electrons. The van der Waals surface area contributed by atoms with Crippen molar-refractivity contribution in [2.24, 2.45) is 0 Å². The van der Waals surface area contributed by atoms with Crippen molar-refractivity contribution >= 4 is 16.7 Å². The van der Waals surface area contributed by atoms with E-state index >= 15 is 0 Å². The van der Waals surface area contributed by atoms with Gasteiger partial charge in [-0.3, -0.25) is 4.40 Å². The third-order valence-electron chi connectivity index (χ3n) is 3.19. The Balaban J connectivity index is 2.66. The lowest BCUT2D eigenvalue weighted by Crippen LogP contribution is -1.97. The van der Waals surface area contributed by atoms with Crippen molar-refractivity contribution in [3.63, 3.8) is 0 Å². The summed E-state index contributed by atoms with van der Waals surface area (Å²) in [6.45, 7) is 4.07. The van der Waals surface area contributed by atoms with Crippen LogP contribution in [0.15, 0.2) is 30.3 Å². The van der Waals surface area contributed by atoms with Crippen molar-refractivity contribution in [2.45, 2.75) is 13.8 Å². The predicted octanol–water partition coefficient (Wildman–Crippen LogP) is 2.98. The van der Waals surface area contributed by atoms with Crippen LogP contribution in [0.1, 0.15) is 16.8 Å². The van der Waals surface area contributed by atoms with Gasteiger partial charge in [0.2, 0.25) is 0 Å². The third-order valence-corrected chi connectivity index (χ3v) is 3.19. The molecular weight excluding hydrogens is 210 g/mol. The van der Waals surface area contributed by atoms with Gasteiger partial charge in [-0.05, 0) is 37.6 Å². The second-order valence-electron chi connectivity index (χ2n) is 4.20. The molecule has 0 amide bonds. The number of nitrogens with zero attached hydrogens (tertiary/aromatic N) is 3. The fraction of sp³-hybridized carbons (Fsp3) is 0.143. The fourth-order valence-electron chi connectivity index (χ4n) is 2.19. The van der Waals surface area contributed by atoms with Crippen LogP contribution in [0.4, 0.5) is 0 Å². The van der Waals surface area contributed by atoms with Crippen LogP contribution in [-0.2, 0) is 0 Å². The standard InChI is InChI=1S/C14H11N3/c1-9-7-11(8-15)14-16-12-5-3-4-6-13(12)17(14)10(9)2/h3-7H,1-2H3. The van der Waals surface area contributed by atoms with Crippen LogP contribution < -0.4 is 0 Å². The molecule has 0 fully saturated rings. The molecule has 3 nitrogen and oxygen atoms in total. The Morgan fingerprint density at radius 3 is 2.76 bits per heavy atom. The third kappa shape index (κ3) is 1.24. The molecule has 17 heavy (non-hydrogen) atoms. The molecule has 0 spiro atoms. The van der Waals surface area contributed by atoms with Gasteiger partial charge in [-0.15, -0.1) is 0 Å². The van der Waals surface area contributed by atoms with Crippen LogP contribution in [0.2, 0.25) is 0 Å². The number of rotatable bonds is 0. The number of nitriles is 1. The number of aryl methyl sites for hydroxylation is 2. The van der Waals surface area contributed by atoms with Gasteiger partial charge in [-0.1, -0.05) is 12.1 Å². The van der Waals surface area contributed by atoms with Gasteiger partial charge in [0.15, 0.2) is 5.65 Å². The second kappa shape index (κ2) is 3.33. The van der Waals surface area contributed by atoms with Crippen LogP contribution in [0.25, 0.3) is 16.7 Å². The Bertz CT molecular complexity index is 775. The molecule has 0 atom stereocenters. The first-order valence-electron chi connectivity index (χ1n) is 5.50. The maximum Gasteiger partial charge on any atom is 0.156 e. The molecule has 0 saturated carbocycles. The zero-order valence-electron chi connectivity index (χ0n) is 9.73. The van der Waals surface area contributed by atoms with E-state index in [1.807, 2.05) is 37.3 Å². The predicted molar refractivity (Wildman–Crippen MR) is 66.9 cm³/mol. The molecule has 2 aromatic heterocycles. The first kappa shape index (κ1) is 9.86. The summed E-state index contributed by atoms with van der Waals surface area (Å²) in [7, 11) is 0. The molecule has 1 aromatic carbocycles. The number of para-hydroxylation sites is 2. The molecule has 0 N–H and O–H groups in total. The van der Waals surface area contributed by atoms with E-state index in [9.17, 15) is 5.26 Å². The minimum Gasteiger partial charge on any atom is -0.296 e. The van der Waals surface area contributed by atoms with E-state index in [1.165, 1.54) is 0 Å². The minimum atomic E-state index is 0.629. The molecule has 82 valence electrons. The SMILES string of the molecule is Cc1cc(C#N)c2nc3ccccc3n2c1C. The van der Waals surface area contributed by atoms with Crippen LogP contribution in [0.5, 0.6) is 0 Å². The average molecular weight is 221 g/mol. The molecule has 0 unspecified atom stereocenters. The summed E-state index contributed by atoms with van der Waals surface area (Å²) in [6, 6.07) is 12.1. The molecule has 0 aliphatic heterocycles. The van der Waals surface area contributed by atoms with E-state index in [0.29, 0.717) is 5.56 Å². The number of imidazole rings is 1. The summed E-state index contributed by atoms with van der Waals surface area (Å²) in [4.78, 5) is 4.53. The molecule has 3 aromatic rings. The lowest BCUT2D eigenvalue weighted by atomic mass is 10.1. The highest BCUT2D eigenvalue weighted by Crippen LogP contribution is 2.22. The molecule has 3 heteroatoms. The highest BCUT2D eigenvalue weighted by Gasteiger charge is 2.11. The van der Waals surface area contributed by atoms with E-state index in [0.717, 1.165) is 27.9 Å². The lowest BCUT2D eigenvalue weighted by Gasteiger charge is -2.06. The fourth-order valence-corrected chi connectivity index (χ4v) is 2.19. The first-order valence-corrected chi connectivity index (χ1v) is 5.50. The Kier molecular flexibility index (Phi) is 1.93. The maximum absolute atomic E-state index is 9.17. The van der Waals surface area contributed by atoms with Crippen molar-refractivity contribution in [3.05, 3.63) is 47.2 Å². The van der Waals surface area contributed by atoms with E-state index < -0.39 is 0 Å². The van der Waals surface area contributed by atoms with Crippen molar-refractivity contribution in [1.29, 1.82) is 5.26 Å². The Morgan fingerprint density at radius 1 is 1.24 bits per heavy atom. The van der Waals surface area contributed by atoms with Crippen molar-refractivity contribution in [1.82, 2.24) is 9.38 Å². The molecule has 0 bridgehead atoms. The van der Waals surface area contributed by atoms with E-state index in [1.54, 1.807) is 0 Å². The van der Waals surface area contributed by atoms with E-state index in [2.05, 4.69) is 22.4 Å². The van der Waals surface area contributed by atoms with Gasteiger partial charge < -0.3 is 0 Å². The van der Waals surface area contributed by atoms with Crippen LogP contribution >= 0.6 is 0 Å². The number of pyridine rings is 1. The first-order chi connectivity index (χ1) is 8.22. The van der Waals surface area contributed by atoms with Gasteiger partial charge in [0.1, 0.15) is 6.07 Å². The number of hydrogen-bond donors (Lipinski definition) is 0. The van der Waals surface area contributed by atoms with E-state index in [-0.39, 0.29) is 0 Å². The Hall–Kier alpha value is -2.34. The number of fused-ring (bicyclic) bond motifs is 3. The quantitative estimate of drug-likeness (QED) is 0.585. The molecule has 0 aliphatic carbocycles. The summed E-state index contributed by atoms with van der Waals surface area (Å²) in [6.07, 6.45) is 0. The van der Waals surface area contributed by atoms with Crippen LogP contribution in [-0.4, -0.2) is 9.38 Å². The molecular formula is C14H11N3.